The van der Waals surface area contributed by atoms with E-state index < -0.39 is 0 Å². The van der Waals surface area contributed by atoms with Crippen molar-refractivity contribution >= 4 is 23.8 Å². The second kappa shape index (κ2) is 11.7. The molecule has 0 atom stereocenters. The monoisotopic (exact) mass is 457 g/mol. The topological polar surface area (TPSA) is 122 Å². The largest absolute Gasteiger partial charge is 2.00 e. The Morgan fingerprint density at radius 2 is 1.10 bits per heavy atom. The van der Waals surface area contributed by atoms with Gasteiger partial charge in [-0.25, -0.2) is 0 Å². The minimum Gasteiger partial charge on any atom is -0.872 e. The van der Waals surface area contributed by atoms with Crippen molar-refractivity contribution in [2.45, 2.75) is 0 Å². The van der Waals surface area contributed by atoms with Crippen LogP contribution in [0.3, 0.4) is 0 Å². The molecule has 0 bridgehead atoms. The van der Waals surface area contributed by atoms with Gasteiger partial charge in [0.05, 0.1) is 25.6 Å². The molecular weight excluding hydrogens is 438 g/mol. The normalized spacial score (nSPS) is 10.5. The van der Waals surface area contributed by atoms with Crippen molar-refractivity contribution in [2.75, 3.05) is 14.2 Å². The van der Waals surface area contributed by atoms with Crippen molar-refractivity contribution in [2.24, 2.45) is 9.98 Å². The van der Waals surface area contributed by atoms with Crippen LogP contribution in [0.2, 0.25) is 0 Å². The number of ether oxygens (including phenoxy) is 2. The third kappa shape index (κ3) is 6.14. The second-order valence-corrected chi connectivity index (χ2v) is 5.81. The molecule has 0 radical (unpaired) electrons. The number of aliphatic imine (C=N–C) groups is 2. The van der Waals surface area contributed by atoms with E-state index in [4.69, 9.17) is 9.47 Å². The fraction of sp³-hybridized carbons (Fsp3) is 0.0909. The Morgan fingerprint density at radius 3 is 1.47 bits per heavy atom. The molecule has 8 heteroatoms. The summed E-state index contributed by atoms with van der Waals surface area (Å²) in [7, 11) is 3.07. The van der Waals surface area contributed by atoms with E-state index in [9.17, 15) is 10.2 Å². The molecule has 0 unspecified atom stereocenters. The van der Waals surface area contributed by atoms with Crippen LogP contribution in [-0.4, -0.2) is 26.6 Å². The molecule has 0 fully saturated rings. The number of methoxy groups -OCH3 is 2. The van der Waals surface area contributed by atoms with E-state index in [1.807, 2.05) is 12.1 Å². The molecule has 3 aromatic carbocycles. The van der Waals surface area contributed by atoms with Crippen molar-refractivity contribution in [3.63, 3.8) is 0 Å². The van der Waals surface area contributed by atoms with Gasteiger partial charge in [-0.1, -0.05) is 35.8 Å². The van der Waals surface area contributed by atoms with Gasteiger partial charge in [-0.3, -0.25) is 9.98 Å². The van der Waals surface area contributed by atoms with Crippen molar-refractivity contribution < 1.29 is 44.6 Å². The van der Waals surface area contributed by atoms with Crippen LogP contribution in [0.5, 0.6) is 23.0 Å². The Balaban J connectivity index is 0.00000225. The predicted octanol–water partition coefficient (Wildman–Crippen LogP) is 2.43. The van der Waals surface area contributed by atoms with E-state index in [1.54, 1.807) is 36.4 Å². The molecule has 150 valence electrons. The number of benzene rings is 3. The summed E-state index contributed by atoms with van der Waals surface area (Å²) in [5.74, 6) is 0.845. The first kappa shape index (κ1) is 24.8. The first-order chi connectivity index (χ1) is 13.6. The van der Waals surface area contributed by atoms with E-state index in [1.165, 1.54) is 38.8 Å². The SMILES string of the molecule is COc1ccc([O-])c(C=Nc2ccccc2N=Cc2cc(OC)ccc2[O-])c1.[OH3+].[Zn+2]. The summed E-state index contributed by atoms with van der Waals surface area (Å²) in [6.45, 7) is 0. The average molecular weight is 459 g/mol. The van der Waals surface area contributed by atoms with Gasteiger partial charge in [-0.2, -0.15) is 0 Å². The number of rotatable bonds is 6. The van der Waals surface area contributed by atoms with Crippen molar-refractivity contribution in [1.82, 2.24) is 0 Å². The molecular formula is C22H21N2O5Zn+. The van der Waals surface area contributed by atoms with Gasteiger partial charge in [0.15, 0.2) is 0 Å². The maximum Gasteiger partial charge on any atom is 2.00 e. The van der Waals surface area contributed by atoms with Crippen molar-refractivity contribution in [1.29, 1.82) is 0 Å². The van der Waals surface area contributed by atoms with Gasteiger partial charge in [-0.05, 0) is 47.5 Å². The van der Waals surface area contributed by atoms with Gasteiger partial charge in [0, 0.05) is 12.4 Å². The molecule has 0 spiro atoms. The quantitative estimate of drug-likeness (QED) is 0.320. The van der Waals surface area contributed by atoms with Gasteiger partial charge in [0.2, 0.25) is 0 Å². The van der Waals surface area contributed by atoms with E-state index in [0.29, 0.717) is 34.0 Å². The summed E-state index contributed by atoms with van der Waals surface area (Å²) < 4.78 is 10.3. The molecule has 0 aliphatic rings. The van der Waals surface area contributed by atoms with Gasteiger partial charge in [0.1, 0.15) is 11.5 Å². The van der Waals surface area contributed by atoms with Gasteiger partial charge < -0.3 is 25.2 Å². The Labute approximate surface area is 187 Å². The molecule has 30 heavy (non-hydrogen) atoms. The van der Waals surface area contributed by atoms with Crippen LogP contribution in [0.15, 0.2) is 70.6 Å². The molecule has 7 nitrogen and oxygen atoms in total. The molecule has 3 N–H and O–H groups in total. The fourth-order valence-corrected chi connectivity index (χ4v) is 2.47. The zero-order valence-electron chi connectivity index (χ0n) is 16.7. The summed E-state index contributed by atoms with van der Waals surface area (Å²) in [5, 5.41) is 24.0. The minimum atomic E-state index is -0.155. The predicted molar refractivity (Wildman–Crippen MR) is 111 cm³/mol. The van der Waals surface area contributed by atoms with Crippen LogP contribution in [-0.2, 0) is 25.0 Å². The molecule has 0 saturated heterocycles. The Bertz CT molecular complexity index is 955. The minimum absolute atomic E-state index is 0. The summed E-state index contributed by atoms with van der Waals surface area (Å²) in [6.07, 6.45) is 2.95. The molecule has 3 rings (SSSR count). The van der Waals surface area contributed by atoms with Crippen LogP contribution < -0.4 is 19.7 Å². The van der Waals surface area contributed by atoms with Gasteiger partial charge >= 0.3 is 19.5 Å². The Morgan fingerprint density at radius 1 is 0.700 bits per heavy atom. The number of hydrogen-bond donors (Lipinski definition) is 0. The van der Waals surface area contributed by atoms with Gasteiger partial charge in [-0.15, -0.1) is 0 Å². The molecule has 0 heterocycles. The van der Waals surface area contributed by atoms with Crippen LogP contribution in [0.1, 0.15) is 11.1 Å². The fourth-order valence-electron chi connectivity index (χ4n) is 2.47. The molecule has 0 saturated carbocycles. The smallest absolute Gasteiger partial charge is 0.872 e. The average Bonchev–Trinajstić information content (AvgIpc) is 2.73. The first-order valence-electron chi connectivity index (χ1n) is 8.48. The van der Waals surface area contributed by atoms with Crippen molar-refractivity contribution in [3.8, 4) is 23.0 Å². The van der Waals surface area contributed by atoms with Crippen LogP contribution in [0.25, 0.3) is 0 Å². The molecule has 3 aromatic rings. The Kier molecular flexibility index (Phi) is 9.68. The van der Waals surface area contributed by atoms with Crippen LogP contribution >= 0.6 is 0 Å². The third-order valence-corrected chi connectivity index (χ3v) is 4.00. The van der Waals surface area contributed by atoms with E-state index >= 15 is 0 Å². The van der Waals surface area contributed by atoms with Crippen LogP contribution in [0.4, 0.5) is 11.4 Å². The first-order valence-corrected chi connectivity index (χ1v) is 8.48. The summed E-state index contributed by atoms with van der Waals surface area (Å²) in [4.78, 5) is 8.77. The standard InChI is InChI=1S/C22H20N2O4.H2O.Zn/c1-27-17-7-9-21(25)15(11-17)13-23-19-5-3-4-6-20(19)24-14-16-12-18(28-2)8-10-22(16)26;;/h3-14,25-26H,1-2H3;1H2;/q;;+2/p-1. The summed E-state index contributed by atoms with van der Waals surface area (Å²) >= 11 is 0. The number of para-hydroxylation sites is 2. The zero-order valence-corrected chi connectivity index (χ0v) is 19.7. The van der Waals surface area contributed by atoms with E-state index in [-0.39, 0.29) is 36.5 Å². The number of hydrogen-bond acceptors (Lipinski definition) is 6. The number of nitrogens with zero attached hydrogens (tertiary/aromatic N) is 2. The van der Waals surface area contributed by atoms with E-state index in [2.05, 4.69) is 9.98 Å². The summed E-state index contributed by atoms with van der Waals surface area (Å²) in [5.41, 5.74) is 1.95. The van der Waals surface area contributed by atoms with E-state index in [0.717, 1.165) is 0 Å². The van der Waals surface area contributed by atoms with Gasteiger partial charge in [0.25, 0.3) is 0 Å². The molecule has 0 aromatic heterocycles. The summed E-state index contributed by atoms with van der Waals surface area (Å²) in [6, 6.07) is 16.5. The molecule has 0 amide bonds. The third-order valence-electron chi connectivity index (χ3n) is 4.00. The van der Waals surface area contributed by atoms with Crippen LogP contribution in [0, 0.1) is 0 Å². The molecule has 0 aliphatic heterocycles. The zero-order chi connectivity index (χ0) is 19.9. The van der Waals surface area contributed by atoms with Crippen molar-refractivity contribution in [3.05, 3.63) is 71.8 Å². The Hall–Kier alpha value is -3.22. The molecule has 0 aliphatic carbocycles. The maximum atomic E-state index is 12.0. The maximum absolute atomic E-state index is 12.0. The second-order valence-electron chi connectivity index (χ2n) is 5.81.